The van der Waals surface area contributed by atoms with Crippen LogP contribution in [0.2, 0.25) is 0 Å². The Morgan fingerprint density at radius 1 is 1.39 bits per heavy atom. The van der Waals surface area contributed by atoms with Crippen LogP contribution >= 0.6 is 0 Å². The first-order valence-corrected chi connectivity index (χ1v) is 5.99. The summed E-state index contributed by atoms with van der Waals surface area (Å²) in [5.74, 6) is -0.669. The summed E-state index contributed by atoms with van der Waals surface area (Å²) in [5.41, 5.74) is 3.12. The van der Waals surface area contributed by atoms with Gasteiger partial charge < -0.3 is 9.64 Å². The second-order valence-corrected chi connectivity index (χ2v) is 4.65. The lowest BCUT2D eigenvalue weighted by atomic mass is 10.1. The first kappa shape index (κ1) is 12.6. The summed E-state index contributed by atoms with van der Waals surface area (Å²) in [6.07, 6.45) is 0.236. The number of carbonyl (C=O) groups excluding carboxylic acids is 2. The third-order valence-corrected chi connectivity index (χ3v) is 3.53. The van der Waals surface area contributed by atoms with E-state index in [2.05, 4.69) is 0 Å². The van der Waals surface area contributed by atoms with E-state index in [1.54, 1.807) is 4.90 Å². The van der Waals surface area contributed by atoms with Gasteiger partial charge in [-0.3, -0.25) is 9.59 Å². The number of hydrogen-bond acceptors (Lipinski definition) is 3. The van der Waals surface area contributed by atoms with Crippen molar-refractivity contribution in [2.75, 3.05) is 18.6 Å². The fourth-order valence-corrected chi connectivity index (χ4v) is 2.29. The van der Waals surface area contributed by atoms with Crippen LogP contribution in [-0.2, 0) is 14.3 Å². The Labute approximate surface area is 107 Å². The number of benzene rings is 1. The van der Waals surface area contributed by atoms with Crippen molar-refractivity contribution in [3.63, 3.8) is 0 Å². The third-order valence-electron chi connectivity index (χ3n) is 3.53. The first-order valence-electron chi connectivity index (χ1n) is 5.99. The summed E-state index contributed by atoms with van der Waals surface area (Å²) >= 11 is 0. The highest BCUT2D eigenvalue weighted by molar-refractivity contribution is 6.00. The number of amides is 1. The minimum absolute atomic E-state index is 0.0147. The molecule has 0 aromatic heterocycles. The Kier molecular flexibility index (Phi) is 3.36. The topological polar surface area (TPSA) is 46.6 Å². The number of rotatable bonds is 2. The van der Waals surface area contributed by atoms with Gasteiger partial charge in [0.25, 0.3) is 0 Å². The van der Waals surface area contributed by atoms with Crippen LogP contribution in [0.1, 0.15) is 17.5 Å². The maximum Gasteiger partial charge on any atom is 0.311 e. The molecule has 0 spiro atoms. The number of hydrogen-bond donors (Lipinski definition) is 0. The minimum Gasteiger partial charge on any atom is -0.469 e. The molecule has 1 atom stereocenters. The standard InChI is InChI=1S/C14H17NO3/c1-9-5-4-6-12(10(9)2)15-8-11(7-13(15)16)14(17)18-3/h4-6,11H,7-8H2,1-3H3. The van der Waals surface area contributed by atoms with Gasteiger partial charge in [-0.15, -0.1) is 0 Å². The van der Waals surface area contributed by atoms with Crippen molar-refractivity contribution < 1.29 is 14.3 Å². The second-order valence-electron chi connectivity index (χ2n) is 4.65. The van der Waals surface area contributed by atoms with Crippen LogP contribution in [0.15, 0.2) is 18.2 Å². The lowest BCUT2D eigenvalue weighted by molar-refractivity contribution is -0.145. The molecular weight excluding hydrogens is 230 g/mol. The maximum absolute atomic E-state index is 12.0. The third kappa shape index (κ3) is 2.10. The molecule has 0 aliphatic carbocycles. The van der Waals surface area contributed by atoms with E-state index in [0.29, 0.717) is 6.54 Å². The van der Waals surface area contributed by atoms with Crippen LogP contribution in [0.25, 0.3) is 0 Å². The lowest BCUT2D eigenvalue weighted by Crippen LogP contribution is -2.27. The van der Waals surface area contributed by atoms with Crippen molar-refractivity contribution in [3.8, 4) is 0 Å². The van der Waals surface area contributed by atoms with Crippen molar-refractivity contribution in [2.24, 2.45) is 5.92 Å². The highest BCUT2D eigenvalue weighted by Crippen LogP contribution is 2.29. The van der Waals surface area contributed by atoms with E-state index in [1.807, 2.05) is 32.0 Å². The number of ether oxygens (including phenoxy) is 1. The molecule has 1 aliphatic heterocycles. The van der Waals surface area contributed by atoms with Gasteiger partial charge in [0.15, 0.2) is 0 Å². The quantitative estimate of drug-likeness (QED) is 0.749. The number of anilines is 1. The molecule has 0 saturated carbocycles. The van der Waals surface area contributed by atoms with Gasteiger partial charge in [0, 0.05) is 18.7 Å². The van der Waals surface area contributed by atoms with Gasteiger partial charge in [-0.05, 0) is 31.0 Å². The van der Waals surface area contributed by atoms with Gasteiger partial charge in [0.05, 0.1) is 13.0 Å². The highest BCUT2D eigenvalue weighted by Gasteiger charge is 2.36. The zero-order chi connectivity index (χ0) is 13.3. The fourth-order valence-electron chi connectivity index (χ4n) is 2.29. The molecule has 1 aromatic carbocycles. The average Bonchev–Trinajstić information content (AvgIpc) is 2.74. The summed E-state index contributed by atoms with van der Waals surface area (Å²) in [5, 5.41) is 0. The Balaban J connectivity index is 2.27. The Bertz CT molecular complexity index is 496. The molecule has 96 valence electrons. The SMILES string of the molecule is COC(=O)C1CC(=O)N(c2cccc(C)c2C)C1. The number of esters is 1. The molecule has 1 amide bonds. The van der Waals surface area contributed by atoms with Crippen molar-refractivity contribution in [1.82, 2.24) is 0 Å². The molecule has 1 unspecified atom stereocenters. The zero-order valence-electron chi connectivity index (χ0n) is 10.9. The van der Waals surface area contributed by atoms with Gasteiger partial charge in [0.2, 0.25) is 5.91 Å². The lowest BCUT2D eigenvalue weighted by Gasteiger charge is -2.19. The second kappa shape index (κ2) is 4.80. The summed E-state index contributed by atoms with van der Waals surface area (Å²) < 4.78 is 4.70. The molecule has 0 N–H and O–H groups in total. The number of aryl methyl sites for hydroxylation is 1. The summed E-state index contributed by atoms with van der Waals surface area (Å²) in [7, 11) is 1.35. The van der Waals surface area contributed by atoms with E-state index in [4.69, 9.17) is 4.74 Å². The van der Waals surface area contributed by atoms with E-state index < -0.39 is 0 Å². The predicted octanol–water partition coefficient (Wildman–Crippen LogP) is 1.83. The van der Waals surface area contributed by atoms with Gasteiger partial charge in [-0.2, -0.15) is 0 Å². The van der Waals surface area contributed by atoms with Gasteiger partial charge in [-0.25, -0.2) is 0 Å². The molecule has 1 heterocycles. The fraction of sp³-hybridized carbons (Fsp3) is 0.429. The molecule has 0 radical (unpaired) electrons. The van der Waals surface area contributed by atoms with Crippen LogP contribution < -0.4 is 4.90 Å². The number of methoxy groups -OCH3 is 1. The summed E-state index contributed by atoms with van der Waals surface area (Å²) in [4.78, 5) is 25.2. The smallest absolute Gasteiger partial charge is 0.311 e. The minimum atomic E-state index is -0.345. The van der Waals surface area contributed by atoms with E-state index >= 15 is 0 Å². The molecule has 1 fully saturated rings. The maximum atomic E-state index is 12.0. The first-order chi connectivity index (χ1) is 8.54. The van der Waals surface area contributed by atoms with Gasteiger partial charge in [0.1, 0.15) is 0 Å². The Morgan fingerprint density at radius 2 is 2.11 bits per heavy atom. The van der Waals surface area contributed by atoms with E-state index in [9.17, 15) is 9.59 Å². The molecule has 18 heavy (non-hydrogen) atoms. The van der Waals surface area contributed by atoms with Gasteiger partial charge >= 0.3 is 5.97 Å². The molecule has 1 aliphatic rings. The van der Waals surface area contributed by atoms with Gasteiger partial charge in [-0.1, -0.05) is 12.1 Å². The van der Waals surface area contributed by atoms with Crippen molar-refractivity contribution in [2.45, 2.75) is 20.3 Å². The highest BCUT2D eigenvalue weighted by atomic mass is 16.5. The molecule has 1 aromatic rings. The summed E-state index contributed by atoms with van der Waals surface area (Å²) in [6, 6.07) is 5.85. The Morgan fingerprint density at radius 3 is 2.78 bits per heavy atom. The molecule has 4 heteroatoms. The largest absolute Gasteiger partial charge is 0.469 e. The van der Waals surface area contributed by atoms with Crippen LogP contribution in [0.5, 0.6) is 0 Å². The van der Waals surface area contributed by atoms with Crippen LogP contribution in [0.3, 0.4) is 0 Å². The van der Waals surface area contributed by atoms with Crippen molar-refractivity contribution in [1.29, 1.82) is 0 Å². The molecular formula is C14H17NO3. The molecule has 1 saturated heterocycles. The van der Waals surface area contributed by atoms with Crippen LogP contribution in [0, 0.1) is 19.8 Å². The molecule has 4 nitrogen and oxygen atoms in total. The Hall–Kier alpha value is -1.84. The van der Waals surface area contributed by atoms with E-state index in [0.717, 1.165) is 16.8 Å². The normalized spacial score (nSPS) is 19.2. The van der Waals surface area contributed by atoms with Crippen LogP contribution in [0.4, 0.5) is 5.69 Å². The average molecular weight is 247 g/mol. The zero-order valence-corrected chi connectivity index (χ0v) is 10.9. The van der Waals surface area contributed by atoms with Crippen LogP contribution in [-0.4, -0.2) is 25.5 Å². The monoisotopic (exact) mass is 247 g/mol. The van der Waals surface area contributed by atoms with E-state index in [1.165, 1.54) is 7.11 Å². The van der Waals surface area contributed by atoms with Crippen molar-refractivity contribution >= 4 is 17.6 Å². The number of carbonyl (C=O) groups is 2. The van der Waals surface area contributed by atoms with Crippen molar-refractivity contribution in [3.05, 3.63) is 29.3 Å². The number of nitrogens with zero attached hydrogens (tertiary/aromatic N) is 1. The summed E-state index contributed by atoms with van der Waals surface area (Å²) in [6.45, 7) is 4.41. The predicted molar refractivity (Wildman–Crippen MR) is 68.4 cm³/mol. The molecule has 2 rings (SSSR count). The molecule has 0 bridgehead atoms. The van der Waals surface area contributed by atoms with E-state index in [-0.39, 0.29) is 24.2 Å².